The van der Waals surface area contributed by atoms with Gasteiger partial charge in [0.15, 0.2) is 0 Å². The first-order valence-corrected chi connectivity index (χ1v) is 3.30. The van der Waals surface area contributed by atoms with E-state index in [9.17, 15) is 0 Å². The van der Waals surface area contributed by atoms with Crippen molar-refractivity contribution in [3.63, 3.8) is 0 Å². The maximum absolute atomic E-state index is 2.27. The van der Waals surface area contributed by atoms with Gasteiger partial charge in [-0.15, -0.1) is 0 Å². The van der Waals surface area contributed by atoms with Crippen LogP contribution in [0.4, 0.5) is 0 Å². The number of hydrogen-bond acceptors (Lipinski definition) is 0. The van der Waals surface area contributed by atoms with E-state index < -0.39 is 0 Å². The first kappa shape index (κ1) is 9.17. The summed E-state index contributed by atoms with van der Waals surface area (Å²) in [6, 6.07) is 0. The molecule has 50 valence electrons. The number of hydrogen-bond donors (Lipinski definition) is 0. The second-order valence-corrected chi connectivity index (χ2v) is 2.10. The smallest absolute Gasteiger partial charge is 0 e. The summed E-state index contributed by atoms with van der Waals surface area (Å²) in [7, 11) is 0. The van der Waals surface area contributed by atoms with E-state index in [2.05, 4.69) is 24.3 Å². The first-order valence-electron chi connectivity index (χ1n) is 3.30. The monoisotopic (exact) mass is 206 g/mol. The Hall–Kier alpha value is 0.168. The van der Waals surface area contributed by atoms with Gasteiger partial charge in [0.25, 0.3) is 0 Å². The zero-order valence-corrected chi connectivity index (χ0v) is 7.55. The van der Waals surface area contributed by atoms with E-state index in [1.54, 1.807) is 0 Å². The molecule has 1 rings (SSSR count). The molecule has 0 atom stereocenters. The van der Waals surface area contributed by atoms with Crippen LogP contribution in [-0.2, 0) is 21.1 Å². The summed E-state index contributed by atoms with van der Waals surface area (Å²) < 4.78 is 0. The van der Waals surface area contributed by atoms with E-state index in [-0.39, 0.29) is 21.1 Å². The van der Waals surface area contributed by atoms with Crippen LogP contribution in [0.2, 0.25) is 0 Å². The Bertz CT molecular complexity index is 77.1. The molecule has 1 heteroatoms. The van der Waals surface area contributed by atoms with Crippen LogP contribution in [-0.4, -0.2) is 0 Å². The van der Waals surface area contributed by atoms with Gasteiger partial charge in [-0.2, -0.15) is 0 Å². The van der Waals surface area contributed by atoms with Crippen molar-refractivity contribution in [3.8, 4) is 0 Å². The maximum atomic E-state index is 2.27. The minimum absolute atomic E-state index is 0. The van der Waals surface area contributed by atoms with Crippen molar-refractivity contribution in [2.24, 2.45) is 0 Å². The summed E-state index contributed by atoms with van der Waals surface area (Å²) >= 11 is 0. The third-order valence-electron chi connectivity index (χ3n) is 1.33. The summed E-state index contributed by atoms with van der Waals surface area (Å²) in [5.74, 6) is 0. The van der Waals surface area contributed by atoms with E-state index in [1.807, 2.05) is 0 Å². The predicted molar refractivity (Wildman–Crippen MR) is 36.7 cm³/mol. The molecule has 0 aromatic carbocycles. The Morgan fingerprint density at radius 3 is 1.00 bits per heavy atom. The van der Waals surface area contributed by atoms with Crippen molar-refractivity contribution in [1.82, 2.24) is 0 Å². The van der Waals surface area contributed by atoms with Gasteiger partial charge >= 0.3 is 0 Å². The second-order valence-electron chi connectivity index (χ2n) is 2.10. The van der Waals surface area contributed by atoms with Crippen molar-refractivity contribution in [2.75, 3.05) is 0 Å². The van der Waals surface area contributed by atoms with Crippen LogP contribution < -0.4 is 0 Å². The SMILES string of the molecule is C1=CCCC=CCC1.[Mo]. The third-order valence-corrected chi connectivity index (χ3v) is 1.33. The van der Waals surface area contributed by atoms with E-state index in [0.717, 1.165) is 0 Å². The molecule has 0 saturated heterocycles. The van der Waals surface area contributed by atoms with E-state index in [0.29, 0.717) is 0 Å². The van der Waals surface area contributed by atoms with Crippen molar-refractivity contribution in [3.05, 3.63) is 24.3 Å². The van der Waals surface area contributed by atoms with E-state index in [1.165, 1.54) is 25.7 Å². The molecular formula is C8H12Mo. The minimum Gasteiger partial charge on any atom is -0.0882 e. The molecule has 0 unspecified atom stereocenters. The van der Waals surface area contributed by atoms with Crippen molar-refractivity contribution in [1.29, 1.82) is 0 Å². The molecule has 0 spiro atoms. The van der Waals surface area contributed by atoms with Gasteiger partial charge in [0.05, 0.1) is 0 Å². The molecule has 0 saturated carbocycles. The Morgan fingerprint density at radius 2 is 0.778 bits per heavy atom. The van der Waals surface area contributed by atoms with Gasteiger partial charge in [0.1, 0.15) is 0 Å². The largest absolute Gasteiger partial charge is 0.0882 e. The third kappa shape index (κ3) is 4.66. The summed E-state index contributed by atoms with van der Waals surface area (Å²) in [6.07, 6.45) is 14.0. The first-order chi connectivity index (χ1) is 4.00. The zero-order valence-electron chi connectivity index (χ0n) is 5.55. The summed E-state index contributed by atoms with van der Waals surface area (Å²) in [5.41, 5.74) is 0. The molecule has 0 nitrogen and oxygen atoms in total. The van der Waals surface area contributed by atoms with E-state index in [4.69, 9.17) is 0 Å². The van der Waals surface area contributed by atoms with Gasteiger partial charge < -0.3 is 0 Å². The van der Waals surface area contributed by atoms with Crippen molar-refractivity contribution < 1.29 is 21.1 Å². The molecule has 0 fully saturated rings. The van der Waals surface area contributed by atoms with Crippen molar-refractivity contribution in [2.45, 2.75) is 25.7 Å². The van der Waals surface area contributed by atoms with Crippen LogP contribution in [0.15, 0.2) is 24.3 Å². The Morgan fingerprint density at radius 1 is 0.556 bits per heavy atom. The Balaban J connectivity index is 0.000000640. The molecule has 0 radical (unpaired) electrons. The molecule has 0 aromatic heterocycles. The zero-order chi connectivity index (χ0) is 5.66. The van der Waals surface area contributed by atoms with Gasteiger partial charge in [0.2, 0.25) is 0 Å². The number of rotatable bonds is 0. The van der Waals surface area contributed by atoms with Gasteiger partial charge in [-0.25, -0.2) is 0 Å². The summed E-state index contributed by atoms with van der Waals surface area (Å²) in [6.45, 7) is 0. The van der Waals surface area contributed by atoms with Crippen LogP contribution >= 0.6 is 0 Å². The molecule has 0 aliphatic heterocycles. The van der Waals surface area contributed by atoms with Crippen LogP contribution in [0.3, 0.4) is 0 Å². The Kier molecular flexibility index (Phi) is 6.41. The van der Waals surface area contributed by atoms with Crippen LogP contribution in [0.1, 0.15) is 25.7 Å². The summed E-state index contributed by atoms with van der Waals surface area (Å²) in [4.78, 5) is 0. The molecular weight excluding hydrogens is 192 g/mol. The molecule has 9 heavy (non-hydrogen) atoms. The topological polar surface area (TPSA) is 0 Å². The van der Waals surface area contributed by atoms with Gasteiger partial charge in [-0.3, -0.25) is 0 Å². The quantitative estimate of drug-likeness (QED) is 0.420. The molecule has 0 bridgehead atoms. The standard InChI is InChI=1S/C8H12.Mo/c1-2-4-6-8-7-5-3-1;/h1-2,7-8H,3-6H2;. The molecule has 0 aromatic rings. The summed E-state index contributed by atoms with van der Waals surface area (Å²) in [5, 5.41) is 0. The van der Waals surface area contributed by atoms with Crippen LogP contribution in [0.25, 0.3) is 0 Å². The van der Waals surface area contributed by atoms with E-state index >= 15 is 0 Å². The fraction of sp³-hybridized carbons (Fsp3) is 0.500. The average Bonchev–Trinajstić information content (AvgIpc) is 1.62. The Labute approximate surface area is 71.3 Å². The van der Waals surface area contributed by atoms with Gasteiger partial charge in [-0.05, 0) is 25.7 Å². The maximum Gasteiger partial charge on any atom is 0 e. The van der Waals surface area contributed by atoms with Crippen LogP contribution in [0, 0.1) is 0 Å². The second kappa shape index (κ2) is 6.29. The molecule has 0 amide bonds. The minimum atomic E-state index is 0. The normalized spacial score (nSPS) is 17.8. The molecule has 1 aliphatic carbocycles. The number of allylic oxidation sites excluding steroid dienone is 4. The van der Waals surface area contributed by atoms with Crippen LogP contribution in [0.5, 0.6) is 0 Å². The molecule has 0 heterocycles. The van der Waals surface area contributed by atoms with Gasteiger partial charge in [0, 0.05) is 21.1 Å². The molecule has 1 aliphatic rings. The predicted octanol–water partition coefficient (Wildman–Crippen LogP) is 2.67. The van der Waals surface area contributed by atoms with Gasteiger partial charge in [-0.1, -0.05) is 24.3 Å². The average molecular weight is 204 g/mol. The van der Waals surface area contributed by atoms with Crippen molar-refractivity contribution >= 4 is 0 Å². The fourth-order valence-electron chi connectivity index (χ4n) is 0.856. The fourth-order valence-corrected chi connectivity index (χ4v) is 0.856. The molecule has 0 N–H and O–H groups in total.